The minimum absolute atomic E-state index is 0.100. The van der Waals surface area contributed by atoms with Crippen molar-refractivity contribution in [3.63, 3.8) is 0 Å². The molecule has 0 aliphatic rings. The smallest absolute Gasteiger partial charge is 0.241 e. The number of nitrogens with one attached hydrogen (secondary N) is 1. The summed E-state index contributed by atoms with van der Waals surface area (Å²) in [7, 11) is 1.84. The number of ether oxygens (including phenoxy) is 1. The molecule has 0 radical (unpaired) electrons. The predicted octanol–water partition coefficient (Wildman–Crippen LogP) is 4.15. The molecule has 4 heteroatoms. The number of rotatable bonds is 8. The summed E-state index contributed by atoms with van der Waals surface area (Å²) in [6.07, 6.45) is 2.13. The van der Waals surface area contributed by atoms with E-state index in [1.165, 1.54) is 0 Å². The molecule has 1 N–H and O–H groups in total. The zero-order chi connectivity index (χ0) is 16.5. The van der Waals surface area contributed by atoms with Crippen LogP contribution in [-0.4, -0.2) is 30.9 Å². The van der Waals surface area contributed by atoms with Gasteiger partial charge in [0.15, 0.2) is 0 Å². The standard InChI is InChI=1S/C19H24N2O2/c1-3-4-14-21(2)19(22)15-20-16-10-12-18(13-11-16)23-17-8-6-5-7-9-17/h5-13,20H,3-4,14-15H2,1-2H3. The number of hydrogen-bond acceptors (Lipinski definition) is 3. The second-order valence-corrected chi connectivity index (χ2v) is 5.46. The van der Waals surface area contributed by atoms with Crippen LogP contribution in [0.15, 0.2) is 54.6 Å². The monoisotopic (exact) mass is 312 g/mol. The number of para-hydroxylation sites is 1. The second-order valence-electron chi connectivity index (χ2n) is 5.46. The van der Waals surface area contributed by atoms with E-state index in [0.29, 0.717) is 6.54 Å². The lowest BCUT2D eigenvalue weighted by molar-refractivity contribution is -0.128. The topological polar surface area (TPSA) is 41.6 Å². The first-order valence-electron chi connectivity index (χ1n) is 8.00. The molecule has 2 rings (SSSR count). The van der Waals surface area contributed by atoms with Crippen LogP contribution in [0.1, 0.15) is 19.8 Å². The number of carbonyl (C=O) groups excluding carboxylic acids is 1. The number of carbonyl (C=O) groups is 1. The Morgan fingerprint density at radius 2 is 1.70 bits per heavy atom. The Hall–Kier alpha value is -2.49. The summed E-state index contributed by atoms with van der Waals surface area (Å²) >= 11 is 0. The van der Waals surface area contributed by atoms with Gasteiger partial charge in [-0.15, -0.1) is 0 Å². The number of unbranched alkanes of at least 4 members (excludes halogenated alkanes) is 1. The predicted molar refractivity (Wildman–Crippen MR) is 94.0 cm³/mol. The maximum atomic E-state index is 12.0. The lowest BCUT2D eigenvalue weighted by Gasteiger charge is -2.17. The highest BCUT2D eigenvalue weighted by Gasteiger charge is 2.07. The Morgan fingerprint density at radius 3 is 2.35 bits per heavy atom. The SMILES string of the molecule is CCCCN(C)C(=O)CNc1ccc(Oc2ccccc2)cc1. The van der Waals surface area contributed by atoms with Gasteiger partial charge in [0.05, 0.1) is 6.54 Å². The summed E-state index contributed by atoms with van der Waals surface area (Å²) < 4.78 is 5.74. The number of benzene rings is 2. The molecule has 0 aliphatic heterocycles. The minimum Gasteiger partial charge on any atom is -0.457 e. The zero-order valence-electron chi connectivity index (χ0n) is 13.8. The number of hydrogen-bond donors (Lipinski definition) is 1. The summed E-state index contributed by atoms with van der Waals surface area (Å²) in [6, 6.07) is 17.3. The third-order valence-corrected chi connectivity index (χ3v) is 3.55. The maximum Gasteiger partial charge on any atom is 0.241 e. The van der Waals surface area contributed by atoms with Gasteiger partial charge in [-0.2, -0.15) is 0 Å². The molecule has 0 aliphatic carbocycles. The largest absolute Gasteiger partial charge is 0.457 e. The van der Waals surface area contributed by atoms with Crippen LogP contribution in [0.5, 0.6) is 11.5 Å². The average molecular weight is 312 g/mol. The number of anilines is 1. The number of amides is 1. The molecule has 1 amide bonds. The van der Waals surface area contributed by atoms with E-state index >= 15 is 0 Å². The van der Waals surface area contributed by atoms with E-state index in [-0.39, 0.29) is 5.91 Å². The highest BCUT2D eigenvalue weighted by Crippen LogP contribution is 2.22. The molecule has 23 heavy (non-hydrogen) atoms. The van der Waals surface area contributed by atoms with Gasteiger partial charge < -0.3 is 15.0 Å². The summed E-state index contributed by atoms with van der Waals surface area (Å²) in [5, 5.41) is 3.15. The van der Waals surface area contributed by atoms with Gasteiger partial charge in [-0.05, 0) is 42.8 Å². The second kappa shape index (κ2) is 8.83. The molecule has 0 aromatic heterocycles. The molecule has 0 heterocycles. The van der Waals surface area contributed by atoms with E-state index in [4.69, 9.17) is 4.74 Å². The highest BCUT2D eigenvalue weighted by atomic mass is 16.5. The fourth-order valence-corrected chi connectivity index (χ4v) is 2.10. The summed E-state index contributed by atoms with van der Waals surface area (Å²) in [6.45, 7) is 3.23. The number of nitrogens with zero attached hydrogens (tertiary/aromatic N) is 1. The summed E-state index contributed by atoms with van der Waals surface area (Å²) in [5.74, 6) is 1.68. The molecular weight excluding hydrogens is 288 g/mol. The van der Waals surface area contributed by atoms with Crippen LogP contribution >= 0.6 is 0 Å². The Kier molecular flexibility index (Phi) is 6.48. The molecule has 0 saturated carbocycles. The van der Waals surface area contributed by atoms with Crippen LogP contribution in [0.25, 0.3) is 0 Å². The van der Waals surface area contributed by atoms with Gasteiger partial charge in [-0.3, -0.25) is 4.79 Å². The fraction of sp³-hybridized carbons (Fsp3) is 0.316. The fourth-order valence-electron chi connectivity index (χ4n) is 2.10. The van der Waals surface area contributed by atoms with Crippen LogP contribution in [0.2, 0.25) is 0 Å². The molecule has 2 aromatic carbocycles. The maximum absolute atomic E-state index is 12.0. The van der Waals surface area contributed by atoms with Crippen LogP contribution in [-0.2, 0) is 4.79 Å². The Bertz CT molecular complexity index is 597. The molecule has 122 valence electrons. The van der Waals surface area contributed by atoms with Gasteiger partial charge in [0.1, 0.15) is 11.5 Å². The third-order valence-electron chi connectivity index (χ3n) is 3.55. The van der Waals surface area contributed by atoms with E-state index in [2.05, 4.69) is 12.2 Å². The van der Waals surface area contributed by atoms with E-state index in [1.54, 1.807) is 4.90 Å². The Morgan fingerprint density at radius 1 is 1.04 bits per heavy atom. The third kappa shape index (κ3) is 5.66. The van der Waals surface area contributed by atoms with Crippen molar-refractivity contribution in [2.75, 3.05) is 25.5 Å². The first kappa shape index (κ1) is 16.9. The van der Waals surface area contributed by atoms with E-state index < -0.39 is 0 Å². The number of likely N-dealkylation sites (N-methyl/N-ethyl adjacent to an activating group) is 1. The first-order chi connectivity index (χ1) is 11.2. The molecule has 0 spiro atoms. The van der Waals surface area contributed by atoms with Crippen molar-refractivity contribution in [2.45, 2.75) is 19.8 Å². The van der Waals surface area contributed by atoms with Gasteiger partial charge in [0.2, 0.25) is 5.91 Å². The van der Waals surface area contributed by atoms with Crippen molar-refractivity contribution in [1.29, 1.82) is 0 Å². The zero-order valence-corrected chi connectivity index (χ0v) is 13.8. The molecule has 2 aromatic rings. The minimum atomic E-state index is 0.100. The molecule has 0 fully saturated rings. The highest BCUT2D eigenvalue weighted by molar-refractivity contribution is 5.80. The molecule has 0 unspecified atom stereocenters. The molecular formula is C19H24N2O2. The van der Waals surface area contributed by atoms with E-state index in [1.807, 2.05) is 61.6 Å². The lowest BCUT2D eigenvalue weighted by Crippen LogP contribution is -2.32. The van der Waals surface area contributed by atoms with Crippen LogP contribution in [0, 0.1) is 0 Å². The van der Waals surface area contributed by atoms with Gasteiger partial charge in [-0.1, -0.05) is 31.5 Å². The van der Waals surface area contributed by atoms with Crippen molar-refractivity contribution >= 4 is 11.6 Å². The van der Waals surface area contributed by atoms with Gasteiger partial charge in [0, 0.05) is 19.3 Å². The lowest BCUT2D eigenvalue weighted by atomic mass is 10.3. The Labute approximate surface area is 138 Å². The first-order valence-corrected chi connectivity index (χ1v) is 8.00. The van der Waals surface area contributed by atoms with Crippen LogP contribution in [0.4, 0.5) is 5.69 Å². The van der Waals surface area contributed by atoms with E-state index in [0.717, 1.165) is 36.6 Å². The van der Waals surface area contributed by atoms with Crippen molar-refractivity contribution < 1.29 is 9.53 Å². The van der Waals surface area contributed by atoms with Gasteiger partial charge in [0.25, 0.3) is 0 Å². The Balaban J connectivity index is 1.82. The van der Waals surface area contributed by atoms with Crippen molar-refractivity contribution in [3.8, 4) is 11.5 Å². The molecule has 0 bridgehead atoms. The van der Waals surface area contributed by atoms with Crippen LogP contribution < -0.4 is 10.1 Å². The molecule has 0 saturated heterocycles. The van der Waals surface area contributed by atoms with Gasteiger partial charge >= 0.3 is 0 Å². The molecule has 0 atom stereocenters. The summed E-state index contributed by atoms with van der Waals surface area (Å²) in [4.78, 5) is 13.7. The average Bonchev–Trinajstić information content (AvgIpc) is 2.59. The van der Waals surface area contributed by atoms with Crippen molar-refractivity contribution in [2.24, 2.45) is 0 Å². The molecule has 4 nitrogen and oxygen atoms in total. The van der Waals surface area contributed by atoms with Crippen molar-refractivity contribution in [3.05, 3.63) is 54.6 Å². The normalized spacial score (nSPS) is 10.2. The van der Waals surface area contributed by atoms with Crippen molar-refractivity contribution in [1.82, 2.24) is 4.90 Å². The quantitative estimate of drug-likeness (QED) is 0.796. The summed E-state index contributed by atoms with van der Waals surface area (Å²) in [5.41, 5.74) is 0.905. The van der Waals surface area contributed by atoms with E-state index in [9.17, 15) is 4.79 Å². The van der Waals surface area contributed by atoms with Gasteiger partial charge in [-0.25, -0.2) is 0 Å². The van der Waals surface area contributed by atoms with Crippen LogP contribution in [0.3, 0.4) is 0 Å².